The maximum absolute atomic E-state index is 5.27. The van der Waals surface area contributed by atoms with E-state index in [0.717, 1.165) is 61.0 Å². The topological polar surface area (TPSA) is 30.7 Å². The summed E-state index contributed by atoms with van der Waals surface area (Å²) in [6, 6.07) is 88.2. The lowest BCUT2D eigenvalue weighted by Gasteiger charge is -2.12. The van der Waals surface area contributed by atoms with E-state index in [1.165, 1.54) is 76.4 Å². The number of benzene rings is 12. The van der Waals surface area contributed by atoms with Crippen LogP contribution in [0.2, 0.25) is 0 Å². The van der Waals surface area contributed by atoms with Crippen molar-refractivity contribution in [2.45, 2.75) is 0 Å². The first kappa shape index (κ1) is 39.0. The van der Waals surface area contributed by atoms with E-state index in [4.69, 9.17) is 9.97 Å². The number of hydrogen-bond acceptors (Lipinski definition) is 2. The Hall–Kier alpha value is -9.18. The fourth-order valence-corrected chi connectivity index (χ4v) is 10.9. The summed E-state index contributed by atoms with van der Waals surface area (Å²) in [5.74, 6) is 0. The van der Waals surface area contributed by atoms with Gasteiger partial charge >= 0.3 is 0 Å². The zero-order valence-corrected chi connectivity index (χ0v) is 37.5. The van der Waals surface area contributed by atoms with Crippen molar-refractivity contribution in [3.05, 3.63) is 249 Å². The monoisotopic (exact) mass is 875 g/mol. The van der Waals surface area contributed by atoms with Crippen molar-refractivity contribution in [1.82, 2.24) is 14.5 Å². The maximum atomic E-state index is 5.27. The van der Waals surface area contributed by atoms with Crippen molar-refractivity contribution in [3.8, 4) is 61.5 Å². The summed E-state index contributed by atoms with van der Waals surface area (Å²) in [5.41, 5.74) is 16.7. The SMILES string of the molecule is c1cc(-c2ccc(-c3cccc(-n4c5ccc(-c6cccc7ccccc67)cc5c5cc(-c6cccc7ccccc67)ccc54)c3)cc2)cc(-c2cnc3c4ccccc4c4ccccc4c3n2)c1. The number of fused-ring (bicyclic) bond motifs is 11. The molecule has 14 aromatic rings. The van der Waals surface area contributed by atoms with Gasteiger partial charge in [0.2, 0.25) is 0 Å². The molecule has 0 aliphatic heterocycles. The highest BCUT2D eigenvalue weighted by Crippen LogP contribution is 2.41. The molecule has 3 heteroatoms. The van der Waals surface area contributed by atoms with Gasteiger partial charge in [0.1, 0.15) is 0 Å². The Balaban J connectivity index is 0.846. The van der Waals surface area contributed by atoms with Crippen molar-refractivity contribution in [2.24, 2.45) is 0 Å². The molecule has 12 aromatic carbocycles. The zero-order valence-electron chi connectivity index (χ0n) is 37.5. The average Bonchev–Trinajstić information content (AvgIpc) is 3.76. The third-order valence-electron chi connectivity index (χ3n) is 14.2. The van der Waals surface area contributed by atoms with E-state index < -0.39 is 0 Å². The van der Waals surface area contributed by atoms with Crippen LogP contribution in [0.15, 0.2) is 249 Å². The number of nitrogens with zero attached hydrogens (tertiary/aromatic N) is 3. The molecule has 0 aliphatic rings. The molecule has 0 saturated carbocycles. The second kappa shape index (κ2) is 15.7. The second-order valence-electron chi connectivity index (χ2n) is 18.1. The van der Waals surface area contributed by atoms with Crippen molar-refractivity contribution in [2.75, 3.05) is 0 Å². The van der Waals surface area contributed by atoms with Crippen LogP contribution in [-0.4, -0.2) is 14.5 Å². The highest BCUT2D eigenvalue weighted by molar-refractivity contribution is 6.23. The van der Waals surface area contributed by atoms with Gasteiger partial charge in [-0.1, -0.05) is 200 Å². The van der Waals surface area contributed by atoms with Gasteiger partial charge in [0.15, 0.2) is 0 Å². The summed E-state index contributed by atoms with van der Waals surface area (Å²) in [5, 5.41) is 12.1. The van der Waals surface area contributed by atoms with Crippen LogP contribution in [0.4, 0.5) is 0 Å². The minimum Gasteiger partial charge on any atom is -0.309 e. The van der Waals surface area contributed by atoms with Gasteiger partial charge in [-0.3, -0.25) is 4.98 Å². The van der Waals surface area contributed by atoms with Gasteiger partial charge in [-0.05, 0) is 119 Å². The molecule has 0 bridgehead atoms. The smallest absolute Gasteiger partial charge is 0.0979 e. The molecular formula is C66H41N3. The Morgan fingerprint density at radius 1 is 0.275 bits per heavy atom. The molecule has 69 heavy (non-hydrogen) atoms. The molecule has 0 saturated heterocycles. The summed E-state index contributed by atoms with van der Waals surface area (Å²) in [6.45, 7) is 0. The summed E-state index contributed by atoms with van der Waals surface area (Å²) in [6.07, 6.45) is 1.92. The maximum Gasteiger partial charge on any atom is 0.0979 e. The summed E-state index contributed by atoms with van der Waals surface area (Å²) in [7, 11) is 0. The molecule has 0 amide bonds. The van der Waals surface area contributed by atoms with Gasteiger partial charge in [0, 0.05) is 32.8 Å². The molecular weight excluding hydrogens is 835 g/mol. The molecule has 14 rings (SSSR count). The van der Waals surface area contributed by atoms with Crippen molar-refractivity contribution in [3.63, 3.8) is 0 Å². The van der Waals surface area contributed by atoms with Gasteiger partial charge in [-0.25, -0.2) is 4.98 Å². The van der Waals surface area contributed by atoms with Gasteiger partial charge < -0.3 is 4.57 Å². The van der Waals surface area contributed by atoms with Crippen LogP contribution >= 0.6 is 0 Å². The first-order valence-corrected chi connectivity index (χ1v) is 23.6. The van der Waals surface area contributed by atoms with E-state index in [9.17, 15) is 0 Å². The van der Waals surface area contributed by atoms with E-state index >= 15 is 0 Å². The normalized spacial score (nSPS) is 11.8. The van der Waals surface area contributed by atoms with Gasteiger partial charge in [-0.15, -0.1) is 0 Å². The van der Waals surface area contributed by atoms with Crippen LogP contribution in [0.3, 0.4) is 0 Å². The summed E-state index contributed by atoms with van der Waals surface area (Å²) >= 11 is 0. The average molecular weight is 876 g/mol. The predicted octanol–water partition coefficient (Wildman–Crippen LogP) is 17.7. The number of rotatable bonds is 6. The standard InChI is InChI=1S/C66H41N3/c1-3-21-52-44(13-1)15-11-27-54(52)48-33-35-63-60(39-48)61-40-49(55-28-12-16-45-14-2-4-22-53(45)55)34-36-64(61)69(63)51-20-10-18-47(38-51)43-31-29-42(30-32-43)46-17-9-19-50(37-46)62-41-67-65-58-25-7-5-23-56(58)57-24-6-8-26-59(57)66(65)68-62/h1-41H. The second-order valence-corrected chi connectivity index (χ2v) is 18.1. The third kappa shape index (κ3) is 6.43. The molecule has 0 fully saturated rings. The van der Waals surface area contributed by atoms with Gasteiger partial charge in [0.05, 0.1) is 34.0 Å². The first-order valence-electron chi connectivity index (χ1n) is 23.6. The summed E-state index contributed by atoms with van der Waals surface area (Å²) < 4.78 is 2.44. The Labute approximate surface area is 398 Å². The van der Waals surface area contributed by atoms with Crippen LogP contribution in [-0.2, 0) is 0 Å². The molecule has 3 nitrogen and oxygen atoms in total. The van der Waals surface area contributed by atoms with Crippen LogP contribution < -0.4 is 0 Å². The lowest BCUT2D eigenvalue weighted by molar-refractivity contribution is 1.18. The molecule has 0 radical (unpaired) electrons. The fourth-order valence-electron chi connectivity index (χ4n) is 10.9. The van der Waals surface area contributed by atoms with Gasteiger partial charge in [0.25, 0.3) is 0 Å². The van der Waals surface area contributed by atoms with Crippen LogP contribution in [0.1, 0.15) is 0 Å². The first-order chi connectivity index (χ1) is 34.2. The van der Waals surface area contributed by atoms with E-state index in [2.05, 4.69) is 247 Å². The van der Waals surface area contributed by atoms with Gasteiger partial charge in [-0.2, -0.15) is 0 Å². The number of aromatic nitrogens is 3. The van der Waals surface area contributed by atoms with E-state index in [0.29, 0.717) is 0 Å². The predicted molar refractivity (Wildman–Crippen MR) is 291 cm³/mol. The van der Waals surface area contributed by atoms with Crippen molar-refractivity contribution >= 4 is 75.9 Å². The summed E-state index contributed by atoms with van der Waals surface area (Å²) in [4.78, 5) is 10.3. The molecule has 0 N–H and O–H groups in total. The fraction of sp³-hybridized carbons (Fsp3) is 0. The Bertz CT molecular complexity index is 4190. The molecule has 320 valence electrons. The largest absolute Gasteiger partial charge is 0.309 e. The highest BCUT2D eigenvalue weighted by atomic mass is 15.0. The molecule has 0 aliphatic carbocycles. The lowest BCUT2D eigenvalue weighted by atomic mass is 9.95. The quantitative estimate of drug-likeness (QED) is 0.156. The van der Waals surface area contributed by atoms with Crippen molar-refractivity contribution in [1.29, 1.82) is 0 Å². The molecule has 0 unspecified atom stereocenters. The molecule has 0 atom stereocenters. The highest BCUT2D eigenvalue weighted by Gasteiger charge is 2.18. The Kier molecular flexibility index (Phi) is 8.90. The minimum absolute atomic E-state index is 0.859. The van der Waals surface area contributed by atoms with E-state index in [-0.39, 0.29) is 0 Å². The number of hydrogen-bond donors (Lipinski definition) is 0. The molecule has 2 aromatic heterocycles. The van der Waals surface area contributed by atoms with Crippen LogP contribution in [0.5, 0.6) is 0 Å². The van der Waals surface area contributed by atoms with Crippen molar-refractivity contribution < 1.29 is 0 Å². The van der Waals surface area contributed by atoms with E-state index in [1.54, 1.807) is 0 Å². The Morgan fingerprint density at radius 3 is 1.32 bits per heavy atom. The Morgan fingerprint density at radius 2 is 0.725 bits per heavy atom. The third-order valence-corrected chi connectivity index (χ3v) is 14.2. The van der Waals surface area contributed by atoms with Crippen LogP contribution in [0, 0.1) is 0 Å². The molecule has 0 spiro atoms. The zero-order chi connectivity index (χ0) is 45.4. The lowest BCUT2D eigenvalue weighted by Crippen LogP contribution is -1.94. The molecule has 2 heterocycles. The minimum atomic E-state index is 0.859. The van der Waals surface area contributed by atoms with E-state index in [1.807, 2.05) is 6.20 Å². The van der Waals surface area contributed by atoms with Crippen LogP contribution in [0.25, 0.3) is 137 Å².